The van der Waals surface area contributed by atoms with E-state index >= 15 is 0 Å². The Kier molecular flexibility index (Phi) is 5.20. The molecule has 1 aromatic carbocycles. The fourth-order valence-corrected chi connectivity index (χ4v) is 2.51. The van der Waals surface area contributed by atoms with Gasteiger partial charge in [0, 0.05) is 11.4 Å². The molecule has 0 aliphatic heterocycles. The second kappa shape index (κ2) is 7.03. The van der Waals surface area contributed by atoms with Crippen molar-refractivity contribution >= 4 is 17.5 Å². The molecule has 0 unspecified atom stereocenters. The number of pyridine rings is 1. The Morgan fingerprint density at radius 3 is 2.23 bits per heavy atom. The molecule has 1 aromatic heterocycles. The van der Waals surface area contributed by atoms with Crippen LogP contribution in [0, 0.1) is 13.8 Å². The molecular formula is C17H16F3N3O3. The molecule has 2 amide bonds. The van der Waals surface area contributed by atoms with Crippen molar-refractivity contribution in [1.29, 1.82) is 0 Å². The number of hydrogen-bond acceptors (Lipinski definition) is 3. The number of nitrogens with one attached hydrogen (secondary N) is 1. The Labute approximate surface area is 146 Å². The Morgan fingerprint density at radius 1 is 1.15 bits per heavy atom. The highest BCUT2D eigenvalue weighted by Crippen LogP contribution is 2.29. The molecule has 0 spiro atoms. The molecule has 0 saturated heterocycles. The third-order valence-corrected chi connectivity index (χ3v) is 3.75. The van der Waals surface area contributed by atoms with E-state index in [1.165, 1.54) is 0 Å². The first kappa shape index (κ1) is 19.2. The van der Waals surface area contributed by atoms with Crippen LogP contribution in [0.15, 0.2) is 35.1 Å². The second-order valence-electron chi connectivity index (χ2n) is 5.72. The van der Waals surface area contributed by atoms with E-state index in [9.17, 15) is 27.6 Å². The van der Waals surface area contributed by atoms with Crippen LogP contribution in [0.2, 0.25) is 0 Å². The largest absolute Gasteiger partial charge is 0.416 e. The van der Waals surface area contributed by atoms with E-state index in [2.05, 4.69) is 5.32 Å². The number of hydrogen-bond donors (Lipinski definition) is 2. The van der Waals surface area contributed by atoms with Crippen LogP contribution in [0.5, 0.6) is 0 Å². The van der Waals surface area contributed by atoms with Crippen LogP contribution in [0.25, 0.3) is 0 Å². The maximum absolute atomic E-state index is 12.5. The summed E-state index contributed by atoms with van der Waals surface area (Å²) < 4.78 is 38.7. The topological polar surface area (TPSA) is 94.2 Å². The van der Waals surface area contributed by atoms with E-state index in [-0.39, 0.29) is 11.3 Å². The van der Waals surface area contributed by atoms with Gasteiger partial charge >= 0.3 is 6.18 Å². The standard InChI is InChI=1S/C17H16F3N3O3/c1-9-7-10(2)23(16(26)14(9)15(21)25)8-13(24)22-12-5-3-11(4-6-12)17(18,19)20/h3-7H,8H2,1-2H3,(H2,21,25)(H,22,24). The smallest absolute Gasteiger partial charge is 0.365 e. The van der Waals surface area contributed by atoms with Crippen LogP contribution in [-0.2, 0) is 17.5 Å². The Balaban J connectivity index is 2.22. The van der Waals surface area contributed by atoms with Crippen LogP contribution in [0.3, 0.4) is 0 Å². The lowest BCUT2D eigenvalue weighted by atomic mass is 10.1. The quantitative estimate of drug-likeness (QED) is 0.868. The molecule has 9 heteroatoms. The highest BCUT2D eigenvalue weighted by molar-refractivity contribution is 5.94. The van der Waals surface area contributed by atoms with Gasteiger partial charge in [0.05, 0.1) is 5.56 Å². The van der Waals surface area contributed by atoms with Crippen molar-refractivity contribution in [2.75, 3.05) is 5.32 Å². The SMILES string of the molecule is Cc1cc(C)n(CC(=O)Nc2ccc(C(F)(F)F)cc2)c(=O)c1C(N)=O. The zero-order chi connectivity index (χ0) is 19.6. The van der Waals surface area contributed by atoms with Gasteiger partial charge in [0.1, 0.15) is 12.1 Å². The van der Waals surface area contributed by atoms with E-state index in [4.69, 9.17) is 5.73 Å². The van der Waals surface area contributed by atoms with E-state index in [1.54, 1.807) is 19.9 Å². The number of anilines is 1. The number of nitrogens with zero attached hydrogens (tertiary/aromatic N) is 1. The minimum Gasteiger partial charge on any atom is -0.365 e. The lowest BCUT2D eigenvalue weighted by molar-refractivity contribution is -0.137. The molecule has 0 radical (unpaired) electrons. The molecule has 0 saturated carbocycles. The number of rotatable bonds is 4. The monoisotopic (exact) mass is 367 g/mol. The van der Waals surface area contributed by atoms with Crippen molar-refractivity contribution in [1.82, 2.24) is 4.57 Å². The Bertz CT molecular complexity index is 916. The molecule has 3 N–H and O–H groups in total. The number of primary amides is 1. The first-order chi connectivity index (χ1) is 12.0. The number of halogens is 3. The minimum atomic E-state index is -4.47. The fourth-order valence-electron chi connectivity index (χ4n) is 2.51. The molecule has 1 heterocycles. The summed E-state index contributed by atoms with van der Waals surface area (Å²) in [6.45, 7) is 2.73. The number of aromatic nitrogens is 1. The minimum absolute atomic E-state index is 0.149. The number of carbonyl (C=O) groups is 2. The van der Waals surface area contributed by atoms with E-state index in [0.717, 1.165) is 28.8 Å². The molecule has 6 nitrogen and oxygen atoms in total. The molecule has 0 aliphatic rings. The third kappa shape index (κ3) is 4.11. The predicted octanol–water partition coefficient (Wildman–Crippen LogP) is 2.22. The van der Waals surface area contributed by atoms with Crippen LogP contribution in [0.4, 0.5) is 18.9 Å². The molecule has 26 heavy (non-hydrogen) atoms. The molecule has 0 atom stereocenters. The number of nitrogens with two attached hydrogens (primary N) is 1. The van der Waals surface area contributed by atoms with E-state index < -0.39 is 35.7 Å². The van der Waals surface area contributed by atoms with Gasteiger partial charge < -0.3 is 15.6 Å². The highest BCUT2D eigenvalue weighted by atomic mass is 19.4. The summed E-state index contributed by atoms with van der Waals surface area (Å²) in [5.41, 5.74) is 4.44. The molecule has 0 aliphatic carbocycles. The molecular weight excluding hydrogens is 351 g/mol. The summed E-state index contributed by atoms with van der Waals surface area (Å²) in [7, 11) is 0. The highest BCUT2D eigenvalue weighted by Gasteiger charge is 2.30. The maximum atomic E-state index is 12.5. The van der Waals surface area contributed by atoms with Crippen molar-refractivity contribution in [3.05, 3.63) is 63.1 Å². The number of alkyl halides is 3. The summed E-state index contributed by atoms with van der Waals surface area (Å²) in [4.78, 5) is 35.9. The van der Waals surface area contributed by atoms with Crippen molar-refractivity contribution in [3.8, 4) is 0 Å². The Hall–Kier alpha value is -3.10. The summed E-state index contributed by atoms with van der Waals surface area (Å²) >= 11 is 0. The molecule has 2 aromatic rings. The zero-order valence-electron chi connectivity index (χ0n) is 14.0. The average molecular weight is 367 g/mol. The first-order valence-corrected chi connectivity index (χ1v) is 7.48. The lowest BCUT2D eigenvalue weighted by Gasteiger charge is -2.13. The van der Waals surface area contributed by atoms with Crippen molar-refractivity contribution in [2.24, 2.45) is 5.73 Å². The van der Waals surface area contributed by atoms with Crippen molar-refractivity contribution in [2.45, 2.75) is 26.6 Å². The summed E-state index contributed by atoms with van der Waals surface area (Å²) in [6, 6.07) is 5.45. The predicted molar refractivity (Wildman–Crippen MR) is 88.8 cm³/mol. The van der Waals surface area contributed by atoms with Gasteiger partial charge in [-0.3, -0.25) is 14.4 Å². The van der Waals surface area contributed by atoms with Crippen LogP contribution >= 0.6 is 0 Å². The van der Waals surface area contributed by atoms with Gasteiger partial charge in [-0.15, -0.1) is 0 Å². The number of carbonyl (C=O) groups excluding carboxylic acids is 2. The van der Waals surface area contributed by atoms with Gasteiger partial charge in [-0.1, -0.05) is 0 Å². The van der Waals surface area contributed by atoms with Gasteiger partial charge in [0.15, 0.2) is 0 Å². The van der Waals surface area contributed by atoms with Gasteiger partial charge in [-0.2, -0.15) is 13.2 Å². The molecule has 2 rings (SSSR count). The van der Waals surface area contributed by atoms with Crippen LogP contribution < -0.4 is 16.6 Å². The average Bonchev–Trinajstić information content (AvgIpc) is 2.50. The van der Waals surface area contributed by atoms with Crippen LogP contribution in [-0.4, -0.2) is 16.4 Å². The number of aryl methyl sites for hydroxylation is 2. The summed E-state index contributed by atoms with van der Waals surface area (Å²) in [5, 5.41) is 2.40. The first-order valence-electron chi connectivity index (χ1n) is 7.48. The normalized spacial score (nSPS) is 11.3. The van der Waals surface area contributed by atoms with Crippen molar-refractivity contribution < 1.29 is 22.8 Å². The maximum Gasteiger partial charge on any atom is 0.416 e. The molecule has 0 fully saturated rings. The van der Waals surface area contributed by atoms with Gasteiger partial charge in [0.25, 0.3) is 11.5 Å². The van der Waals surface area contributed by atoms with E-state index in [0.29, 0.717) is 11.3 Å². The fraction of sp³-hybridized carbons (Fsp3) is 0.235. The van der Waals surface area contributed by atoms with Gasteiger partial charge in [0.2, 0.25) is 5.91 Å². The number of benzene rings is 1. The van der Waals surface area contributed by atoms with E-state index in [1.807, 2.05) is 0 Å². The zero-order valence-corrected chi connectivity index (χ0v) is 14.0. The van der Waals surface area contributed by atoms with Gasteiger partial charge in [-0.05, 0) is 49.7 Å². The molecule has 138 valence electrons. The molecule has 0 bridgehead atoms. The second-order valence-corrected chi connectivity index (χ2v) is 5.72. The van der Waals surface area contributed by atoms with Crippen molar-refractivity contribution in [3.63, 3.8) is 0 Å². The Morgan fingerprint density at radius 2 is 1.73 bits per heavy atom. The number of amides is 2. The van der Waals surface area contributed by atoms with Gasteiger partial charge in [-0.25, -0.2) is 0 Å². The lowest BCUT2D eigenvalue weighted by Crippen LogP contribution is -2.35. The van der Waals surface area contributed by atoms with Crippen LogP contribution in [0.1, 0.15) is 27.2 Å². The third-order valence-electron chi connectivity index (χ3n) is 3.75. The summed E-state index contributed by atoms with van der Waals surface area (Å²) in [6.07, 6.45) is -4.47. The summed E-state index contributed by atoms with van der Waals surface area (Å²) in [5.74, 6) is -1.53.